The minimum atomic E-state index is -0.558. The van der Waals surface area contributed by atoms with Crippen molar-refractivity contribution in [1.29, 1.82) is 5.26 Å². The van der Waals surface area contributed by atoms with E-state index in [2.05, 4.69) is 15.0 Å². The Morgan fingerprint density at radius 3 is 3.19 bits per heavy atom. The van der Waals surface area contributed by atoms with E-state index < -0.39 is 5.97 Å². The second-order valence-corrected chi connectivity index (χ2v) is 3.52. The molecule has 0 fully saturated rings. The van der Waals surface area contributed by atoms with Crippen molar-refractivity contribution < 1.29 is 9.53 Å². The fourth-order valence-electron chi connectivity index (χ4n) is 1.73. The summed E-state index contributed by atoms with van der Waals surface area (Å²) >= 11 is 0. The molecule has 0 atom stereocenters. The van der Waals surface area contributed by atoms with Gasteiger partial charge in [0.15, 0.2) is 5.69 Å². The molecule has 2 rings (SSSR count). The van der Waals surface area contributed by atoms with Crippen molar-refractivity contribution in [3.05, 3.63) is 28.6 Å². The average Bonchev–Trinajstić information content (AvgIpc) is 2.36. The van der Waals surface area contributed by atoms with Crippen LogP contribution in [0, 0.1) is 11.3 Å². The van der Waals surface area contributed by atoms with Crippen LogP contribution in [0.2, 0.25) is 0 Å². The van der Waals surface area contributed by atoms with E-state index in [0.717, 1.165) is 24.2 Å². The molecule has 0 unspecified atom stereocenters. The number of fused-ring (bicyclic) bond motifs is 1. The molecular formula is C11H11N3O2. The number of rotatable bonds is 1. The van der Waals surface area contributed by atoms with E-state index in [9.17, 15) is 4.79 Å². The minimum absolute atomic E-state index is 0.116. The van der Waals surface area contributed by atoms with Crippen LogP contribution < -0.4 is 5.32 Å². The van der Waals surface area contributed by atoms with Gasteiger partial charge < -0.3 is 10.1 Å². The smallest absolute Gasteiger partial charge is 0.358 e. The number of hydrogen-bond acceptors (Lipinski definition) is 5. The summed E-state index contributed by atoms with van der Waals surface area (Å²) in [5, 5.41) is 12.1. The van der Waals surface area contributed by atoms with E-state index in [4.69, 9.17) is 5.26 Å². The van der Waals surface area contributed by atoms with E-state index in [0.29, 0.717) is 6.54 Å². The van der Waals surface area contributed by atoms with Gasteiger partial charge in [-0.15, -0.1) is 0 Å². The molecule has 5 nitrogen and oxygen atoms in total. The maximum atomic E-state index is 11.4. The Morgan fingerprint density at radius 2 is 2.50 bits per heavy atom. The summed E-state index contributed by atoms with van der Waals surface area (Å²) in [5.41, 5.74) is 2.24. The monoisotopic (exact) mass is 217 g/mol. The molecule has 0 saturated heterocycles. The molecule has 0 radical (unpaired) electrons. The van der Waals surface area contributed by atoms with Gasteiger partial charge in [0, 0.05) is 25.2 Å². The largest absolute Gasteiger partial charge is 0.464 e. The molecule has 0 saturated carbocycles. The van der Waals surface area contributed by atoms with E-state index >= 15 is 0 Å². The fourth-order valence-corrected chi connectivity index (χ4v) is 1.73. The number of nitrogens with one attached hydrogen (secondary N) is 1. The molecule has 1 N–H and O–H groups in total. The van der Waals surface area contributed by atoms with Crippen molar-refractivity contribution in [2.24, 2.45) is 0 Å². The zero-order chi connectivity index (χ0) is 11.5. The SMILES string of the molecule is COC(=O)c1nc2c(cc1C#N)CNCC2. The highest BCUT2D eigenvalue weighted by atomic mass is 16.5. The molecule has 5 heteroatoms. The van der Waals surface area contributed by atoms with Crippen LogP contribution in [0.4, 0.5) is 0 Å². The third-order valence-electron chi connectivity index (χ3n) is 2.54. The second-order valence-electron chi connectivity index (χ2n) is 3.52. The number of pyridine rings is 1. The maximum Gasteiger partial charge on any atom is 0.358 e. The normalized spacial score (nSPS) is 13.8. The van der Waals surface area contributed by atoms with Gasteiger partial charge in [-0.05, 0) is 11.6 Å². The lowest BCUT2D eigenvalue weighted by molar-refractivity contribution is 0.0593. The molecule has 1 aromatic rings. The molecule has 0 amide bonds. The number of ether oxygens (including phenoxy) is 1. The van der Waals surface area contributed by atoms with Crippen LogP contribution in [0.3, 0.4) is 0 Å². The number of nitriles is 1. The Bertz CT molecular complexity index is 477. The van der Waals surface area contributed by atoms with Crippen LogP contribution in [-0.4, -0.2) is 24.6 Å². The van der Waals surface area contributed by atoms with Crippen molar-refractivity contribution in [3.63, 3.8) is 0 Å². The zero-order valence-corrected chi connectivity index (χ0v) is 8.91. The predicted octanol–water partition coefficient (Wildman–Crippen LogP) is 0.386. The Labute approximate surface area is 93.1 Å². The number of nitrogens with zero attached hydrogens (tertiary/aromatic N) is 2. The number of aromatic nitrogens is 1. The summed E-state index contributed by atoms with van der Waals surface area (Å²) in [6.45, 7) is 1.53. The summed E-state index contributed by atoms with van der Waals surface area (Å²) < 4.78 is 4.60. The van der Waals surface area contributed by atoms with Crippen LogP contribution in [0.25, 0.3) is 0 Å². The molecule has 0 aliphatic carbocycles. The highest BCUT2D eigenvalue weighted by Gasteiger charge is 2.19. The molecular weight excluding hydrogens is 206 g/mol. The van der Waals surface area contributed by atoms with E-state index in [-0.39, 0.29) is 11.3 Å². The summed E-state index contributed by atoms with van der Waals surface area (Å²) in [6.07, 6.45) is 0.769. The Morgan fingerprint density at radius 1 is 1.69 bits per heavy atom. The lowest BCUT2D eigenvalue weighted by Crippen LogP contribution is -2.26. The van der Waals surface area contributed by atoms with Crippen LogP contribution in [0.5, 0.6) is 0 Å². The average molecular weight is 217 g/mol. The maximum absolute atomic E-state index is 11.4. The molecule has 2 heterocycles. The number of carbonyl (C=O) groups is 1. The van der Waals surface area contributed by atoms with Crippen molar-refractivity contribution in [1.82, 2.24) is 10.3 Å². The molecule has 0 spiro atoms. The molecule has 16 heavy (non-hydrogen) atoms. The first-order valence-electron chi connectivity index (χ1n) is 4.98. The quantitative estimate of drug-likeness (QED) is 0.688. The van der Waals surface area contributed by atoms with Crippen LogP contribution >= 0.6 is 0 Å². The van der Waals surface area contributed by atoms with Gasteiger partial charge in [0.25, 0.3) is 0 Å². The summed E-state index contributed by atoms with van der Waals surface area (Å²) in [7, 11) is 1.28. The number of carbonyl (C=O) groups excluding carboxylic acids is 1. The number of hydrogen-bond donors (Lipinski definition) is 1. The number of esters is 1. The second kappa shape index (κ2) is 4.29. The minimum Gasteiger partial charge on any atom is -0.464 e. The van der Waals surface area contributed by atoms with Crippen molar-refractivity contribution in [2.75, 3.05) is 13.7 Å². The van der Waals surface area contributed by atoms with E-state index in [1.54, 1.807) is 6.07 Å². The zero-order valence-electron chi connectivity index (χ0n) is 8.91. The van der Waals surface area contributed by atoms with Gasteiger partial charge in [0.2, 0.25) is 0 Å². The first-order valence-corrected chi connectivity index (χ1v) is 4.98. The standard InChI is InChI=1S/C11H11N3O2/c1-16-11(15)10-7(5-12)4-8-6-13-3-2-9(8)14-10/h4,13H,2-3,6H2,1H3. The third kappa shape index (κ3) is 1.75. The van der Waals surface area contributed by atoms with E-state index in [1.165, 1.54) is 7.11 Å². The van der Waals surface area contributed by atoms with Gasteiger partial charge in [-0.25, -0.2) is 9.78 Å². The first-order chi connectivity index (χ1) is 7.76. The summed E-state index contributed by atoms with van der Waals surface area (Å²) in [6, 6.07) is 3.68. The molecule has 1 aromatic heterocycles. The Balaban J connectivity index is 2.52. The highest BCUT2D eigenvalue weighted by Crippen LogP contribution is 2.16. The first kappa shape index (κ1) is 10.6. The lowest BCUT2D eigenvalue weighted by atomic mass is 10.0. The van der Waals surface area contributed by atoms with Gasteiger partial charge in [0.1, 0.15) is 6.07 Å². The lowest BCUT2D eigenvalue weighted by Gasteiger charge is -2.17. The molecule has 82 valence electrons. The molecule has 1 aliphatic rings. The number of methoxy groups -OCH3 is 1. The summed E-state index contributed by atoms with van der Waals surface area (Å²) in [4.78, 5) is 15.6. The molecule has 1 aliphatic heterocycles. The van der Waals surface area contributed by atoms with Crippen LogP contribution in [0.1, 0.15) is 27.3 Å². The fraction of sp³-hybridized carbons (Fsp3) is 0.364. The van der Waals surface area contributed by atoms with Crippen molar-refractivity contribution in [2.45, 2.75) is 13.0 Å². The Kier molecular flexibility index (Phi) is 2.84. The van der Waals surface area contributed by atoms with Crippen molar-refractivity contribution in [3.8, 4) is 6.07 Å². The van der Waals surface area contributed by atoms with Gasteiger partial charge in [-0.2, -0.15) is 5.26 Å². The third-order valence-corrected chi connectivity index (χ3v) is 2.54. The summed E-state index contributed by atoms with van der Waals surface area (Å²) in [5.74, 6) is -0.558. The molecule has 0 bridgehead atoms. The van der Waals surface area contributed by atoms with Gasteiger partial charge in [-0.1, -0.05) is 0 Å². The Hall–Kier alpha value is -1.93. The predicted molar refractivity (Wildman–Crippen MR) is 55.7 cm³/mol. The van der Waals surface area contributed by atoms with Gasteiger partial charge >= 0.3 is 5.97 Å². The highest BCUT2D eigenvalue weighted by molar-refractivity contribution is 5.90. The van der Waals surface area contributed by atoms with Crippen molar-refractivity contribution >= 4 is 5.97 Å². The molecule has 0 aromatic carbocycles. The van der Waals surface area contributed by atoms with Gasteiger partial charge in [0.05, 0.1) is 12.7 Å². The van der Waals surface area contributed by atoms with Crippen LogP contribution in [0.15, 0.2) is 6.07 Å². The van der Waals surface area contributed by atoms with E-state index in [1.807, 2.05) is 6.07 Å². The van der Waals surface area contributed by atoms with Gasteiger partial charge in [-0.3, -0.25) is 0 Å². The topological polar surface area (TPSA) is 75.0 Å². The van der Waals surface area contributed by atoms with Crippen LogP contribution in [-0.2, 0) is 17.7 Å².